The Hall–Kier alpha value is -0.390. The molecule has 1 fully saturated rings. The zero-order valence-corrected chi connectivity index (χ0v) is 11.7. The van der Waals surface area contributed by atoms with Crippen molar-refractivity contribution in [3.8, 4) is 0 Å². The first-order valence-electron chi connectivity index (χ1n) is 6.41. The van der Waals surface area contributed by atoms with E-state index in [0.717, 1.165) is 57.2 Å². The van der Waals surface area contributed by atoms with Crippen molar-refractivity contribution in [2.45, 2.75) is 32.3 Å². The van der Waals surface area contributed by atoms with Gasteiger partial charge >= 0.3 is 0 Å². The summed E-state index contributed by atoms with van der Waals surface area (Å²) < 4.78 is 10.6. The van der Waals surface area contributed by atoms with Crippen LogP contribution in [0.25, 0.3) is 0 Å². The van der Waals surface area contributed by atoms with Gasteiger partial charge in [0.05, 0.1) is 6.10 Å². The third-order valence-corrected chi connectivity index (χ3v) is 3.34. The molecule has 5 heteroatoms. The monoisotopic (exact) mass is 260 g/mol. The van der Waals surface area contributed by atoms with E-state index in [4.69, 9.17) is 21.7 Å². The standard InChI is InChI=1S/C12H24N2O2S/c1-3-16-11-5-8-14(9-6-11)12(17)13-7-4-10-15-2/h11H,3-10H2,1-2H3,(H,13,17). The molecule has 17 heavy (non-hydrogen) atoms. The summed E-state index contributed by atoms with van der Waals surface area (Å²) in [6.45, 7) is 6.53. The van der Waals surface area contributed by atoms with Gasteiger partial charge in [0.25, 0.3) is 0 Å². The van der Waals surface area contributed by atoms with Crippen LogP contribution in [0.5, 0.6) is 0 Å². The molecule has 1 saturated heterocycles. The van der Waals surface area contributed by atoms with Gasteiger partial charge in [0.15, 0.2) is 5.11 Å². The second-order valence-electron chi connectivity index (χ2n) is 4.22. The van der Waals surface area contributed by atoms with Gasteiger partial charge in [0, 0.05) is 40.0 Å². The maximum atomic E-state index is 5.62. The molecular formula is C12H24N2O2S. The Balaban J connectivity index is 2.12. The Labute approximate surface area is 110 Å². The average Bonchev–Trinajstić information content (AvgIpc) is 2.36. The maximum absolute atomic E-state index is 5.62. The predicted molar refractivity (Wildman–Crippen MR) is 73.3 cm³/mol. The second kappa shape index (κ2) is 8.66. The first kappa shape index (κ1) is 14.7. The summed E-state index contributed by atoms with van der Waals surface area (Å²) >= 11 is 5.36. The highest BCUT2D eigenvalue weighted by molar-refractivity contribution is 7.80. The van der Waals surface area contributed by atoms with E-state index in [1.165, 1.54) is 0 Å². The molecule has 0 atom stereocenters. The first-order chi connectivity index (χ1) is 8.27. The molecule has 1 N–H and O–H groups in total. The number of thiocarbonyl (C=S) groups is 1. The number of ether oxygens (including phenoxy) is 2. The van der Waals surface area contributed by atoms with E-state index in [-0.39, 0.29) is 0 Å². The quantitative estimate of drug-likeness (QED) is 0.577. The van der Waals surface area contributed by atoms with Crippen LogP contribution in [-0.2, 0) is 9.47 Å². The minimum atomic E-state index is 0.424. The maximum Gasteiger partial charge on any atom is 0.168 e. The van der Waals surface area contributed by atoms with Gasteiger partial charge in [0.2, 0.25) is 0 Å². The van der Waals surface area contributed by atoms with Crippen molar-refractivity contribution in [3.05, 3.63) is 0 Å². The molecule has 1 rings (SSSR count). The number of piperidine rings is 1. The molecule has 0 aromatic heterocycles. The van der Waals surface area contributed by atoms with Crippen LogP contribution in [0.3, 0.4) is 0 Å². The fourth-order valence-corrected chi connectivity index (χ4v) is 2.27. The molecule has 4 nitrogen and oxygen atoms in total. The lowest BCUT2D eigenvalue weighted by Gasteiger charge is -2.33. The Kier molecular flexibility index (Phi) is 7.48. The smallest absolute Gasteiger partial charge is 0.168 e. The molecule has 0 unspecified atom stereocenters. The van der Waals surface area contributed by atoms with Gasteiger partial charge in [-0.3, -0.25) is 0 Å². The average molecular weight is 260 g/mol. The molecule has 0 aliphatic carbocycles. The Morgan fingerprint density at radius 2 is 2.12 bits per heavy atom. The van der Waals surface area contributed by atoms with E-state index in [1.54, 1.807) is 7.11 Å². The van der Waals surface area contributed by atoms with Gasteiger partial charge in [0.1, 0.15) is 0 Å². The van der Waals surface area contributed by atoms with Crippen LogP contribution in [0.4, 0.5) is 0 Å². The Morgan fingerprint density at radius 3 is 2.71 bits per heavy atom. The Morgan fingerprint density at radius 1 is 1.41 bits per heavy atom. The molecule has 100 valence electrons. The molecule has 0 radical (unpaired) electrons. The van der Waals surface area contributed by atoms with Gasteiger partial charge in [-0.2, -0.15) is 0 Å². The number of hydrogen-bond acceptors (Lipinski definition) is 3. The van der Waals surface area contributed by atoms with Crippen molar-refractivity contribution in [2.24, 2.45) is 0 Å². The summed E-state index contributed by atoms with van der Waals surface area (Å²) in [6.07, 6.45) is 3.57. The fraction of sp³-hybridized carbons (Fsp3) is 0.917. The van der Waals surface area contributed by atoms with Gasteiger partial charge in [-0.05, 0) is 38.4 Å². The largest absolute Gasteiger partial charge is 0.385 e. The molecule has 1 aliphatic rings. The zero-order valence-electron chi connectivity index (χ0n) is 10.9. The molecule has 0 bridgehead atoms. The summed E-state index contributed by atoms with van der Waals surface area (Å²) in [7, 11) is 1.72. The number of rotatable bonds is 6. The number of likely N-dealkylation sites (tertiary alicyclic amines) is 1. The van der Waals surface area contributed by atoms with E-state index in [1.807, 2.05) is 6.92 Å². The molecule has 1 heterocycles. The predicted octanol–water partition coefficient (Wildman–Crippen LogP) is 1.40. The summed E-state index contributed by atoms with van der Waals surface area (Å²) in [5, 5.41) is 4.14. The minimum Gasteiger partial charge on any atom is -0.385 e. The van der Waals surface area contributed by atoms with E-state index >= 15 is 0 Å². The van der Waals surface area contributed by atoms with Gasteiger partial charge < -0.3 is 19.7 Å². The molecule has 0 spiro atoms. The SMILES string of the molecule is CCOC1CCN(C(=S)NCCCOC)CC1. The van der Waals surface area contributed by atoms with Crippen molar-refractivity contribution >= 4 is 17.3 Å². The van der Waals surface area contributed by atoms with Crippen LogP contribution >= 0.6 is 12.2 Å². The van der Waals surface area contributed by atoms with Crippen LogP contribution in [0.2, 0.25) is 0 Å². The lowest BCUT2D eigenvalue weighted by atomic mass is 10.1. The van der Waals surface area contributed by atoms with Gasteiger partial charge in [-0.15, -0.1) is 0 Å². The topological polar surface area (TPSA) is 33.7 Å². The highest BCUT2D eigenvalue weighted by Crippen LogP contribution is 2.13. The molecule has 1 aliphatic heterocycles. The number of hydrogen-bond donors (Lipinski definition) is 1. The molecule has 0 amide bonds. The third-order valence-electron chi connectivity index (χ3n) is 2.93. The number of methoxy groups -OCH3 is 1. The van der Waals surface area contributed by atoms with Crippen molar-refractivity contribution < 1.29 is 9.47 Å². The van der Waals surface area contributed by atoms with E-state index in [9.17, 15) is 0 Å². The lowest BCUT2D eigenvalue weighted by molar-refractivity contribution is 0.0268. The van der Waals surface area contributed by atoms with E-state index in [2.05, 4.69) is 10.2 Å². The zero-order chi connectivity index (χ0) is 12.5. The van der Waals surface area contributed by atoms with Crippen molar-refractivity contribution in [3.63, 3.8) is 0 Å². The summed E-state index contributed by atoms with van der Waals surface area (Å²) in [4.78, 5) is 2.23. The third kappa shape index (κ3) is 5.66. The highest BCUT2D eigenvalue weighted by atomic mass is 32.1. The van der Waals surface area contributed by atoms with Crippen LogP contribution in [0.15, 0.2) is 0 Å². The second-order valence-corrected chi connectivity index (χ2v) is 4.61. The van der Waals surface area contributed by atoms with Gasteiger partial charge in [-0.1, -0.05) is 0 Å². The summed E-state index contributed by atoms with van der Waals surface area (Å²) in [6, 6.07) is 0. The van der Waals surface area contributed by atoms with Crippen LogP contribution in [0, 0.1) is 0 Å². The summed E-state index contributed by atoms with van der Waals surface area (Å²) in [5.74, 6) is 0. The molecule has 0 aromatic rings. The first-order valence-corrected chi connectivity index (χ1v) is 6.82. The van der Waals surface area contributed by atoms with Crippen LogP contribution < -0.4 is 5.32 Å². The number of nitrogens with zero attached hydrogens (tertiary/aromatic N) is 1. The molecular weight excluding hydrogens is 236 g/mol. The van der Waals surface area contributed by atoms with Crippen LogP contribution in [-0.4, -0.2) is 56.1 Å². The highest BCUT2D eigenvalue weighted by Gasteiger charge is 2.20. The molecule has 0 aromatic carbocycles. The minimum absolute atomic E-state index is 0.424. The summed E-state index contributed by atoms with van der Waals surface area (Å²) in [5.41, 5.74) is 0. The van der Waals surface area contributed by atoms with Crippen LogP contribution in [0.1, 0.15) is 26.2 Å². The number of nitrogens with one attached hydrogen (secondary N) is 1. The molecule has 0 saturated carbocycles. The van der Waals surface area contributed by atoms with E-state index in [0.29, 0.717) is 6.10 Å². The van der Waals surface area contributed by atoms with Crippen molar-refractivity contribution in [2.75, 3.05) is 40.0 Å². The van der Waals surface area contributed by atoms with Crippen molar-refractivity contribution in [1.82, 2.24) is 10.2 Å². The van der Waals surface area contributed by atoms with Crippen molar-refractivity contribution in [1.29, 1.82) is 0 Å². The van der Waals surface area contributed by atoms with E-state index < -0.39 is 0 Å². The Bertz CT molecular complexity index is 219. The fourth-order valence-electron chi connectivity index (χ4n) is 1.98. The lowest BCUT2D eigenvalue weighted by Crippen LogP contribution is -2.46. The normalized spacial score (nSPS) is 17.2. The van der Waals surface area contributed by atoms with Gasteiger partial charge in [-0.25, -0.2) is 0 Å².